The van der Waals surface area contributed by atoms with Crippen molar-refractivity contribution in [3.63, 3.8) is 0 Å². The van der Waals surface area contributed by atoms with Crippen molar-refractivity contribution in [3.8, 4) is 5.75 Å². The number of nitrogens with two attached hydrogens (primary N) is 1. The Morgan fingerprint density at radius 3 is 2.58 bits per heavy atom. The molecule has 0 aliphatic heterocycles. The minimum Gasteiger partial charge on any atom is -0.484 e. The van der Waals surface area contributed by atoms with Crippen LogP contribution in [0.5, 0.6) is 5.75 Å². The quantitative estimate of drug-likeness (QED) is 0.835. The molecule has 26 heavy (non-hydrogen) atoms. The Labute approximate surface area is 151 Å². The van der Waals surface area contributed by atoms with Crippen molar-refractivity contribution in [3.05, 3.63) is 29.8 Å². The van der Waals surface area contributed by atoms with Crippen molar-refractivity contribution in [1.82, 2.24) is 5.32 Å². The van der Waals surface area contributed by atoms with Crippen molar-refractivity contribution in [1.29, 1.82) is 0 Å². The van der Waals surface area contributed by atoms with Crippen LogP contribution in [0.25, 0.3) is 0 Å². The van der Waals surface area contributed by atoms with Crippen LogP contribution in [0.15, 0.2) is 24.3 Å². The lowest BCUT2D eigenvalue weighted by Gasteiger charge is -2.43. The topological polar surface area (TPSA) is 64.4 Å². The van der Waals surface area contributed by atoms with E-state index in [1.807, 2.05) is 0 Å². The molecule has 2 atom stereocenters. The molecule has 4 nitrogen and oxygen atoms in total. The Balaban J connectivity index is 1.52. The normalized spacial score (nSPS) is 28.5. The molecule has 2 aliphatic carbocycles. The van der Waals surface area contributed by atoms with Crippen LogP contribution >= 0.6 is 0 Å². The first-order valence-corrected chi connectivity index (χ1v) is 9.13. The second-order valence-corrected chi connectivity index (χ2v) is 7.47. The third-order valence-electron chi connectivity index (χ3n) is 5.55. The Kier molecular flexibility index (Phi) is 5.75. The molecule has 3 rings (SSSR count). The molecule has 2 fully saturated rings. The lowest BCUT2D eigenvalue weighted by Crippen LogP contribution is -2.49. The fourth-order valence-electron chi connectivity index (χ4n) is 4.25. The molecule has 144 valence electrons. The van der Waals surface area contributed by atoms with Gasteiger partial charge in [-0.15, -0.1) is 0 Å². The van der Waals surface area contributed by atoms with Gasteiger partial charge in [-0.1, -0.05) is 18.6 Å². The molecule has 3 N–H and O–H groups in total. The van der Waals surface area contributed by atoms with Gasteiger partial charge in [0.15, 0.2) is 6.61 Å². The number of amides is 1. The lowest BCUT2D eigenvalue weighted by molar-refractivity contribution is -0.153. The highest BCUT2D eigenvalue weighted by Gasteiger charge is 2.40. The number of alkyl halides is 3. The predicted molar refractivity (Wildman–Crippen MR) is 91.4 cm³/mol. The second kappa shape index (κ2) is 7.86. The molecule has 2 aliphatic rings. The molecular weight excluding hydrogens is 345 g/mol. The van der Waals surface area contributed by atoms with E-state index in [0.717, 1.165) is 25.7 Å². The van der Waals surface area contributed by atoms with Gasteiger partial charge in [0.2, 0.25) is 5.91 Å². The maximum Gasteiger partial charge on any atom is 0.422 e. The van der Waals surface area contributed by atoms with Crippen molar-refractivity contribution < 1.29 is 22.7 Å². The molecular formula is C19H25F3N2O2. The van der Waals surface area contributed by atoms with Crippen LogP contribution in [0, 0.1) is 17.8 Å². The molecule has 1 aromatic rings. The molecule has 2 bridgehead atoms. The summed E-state index contributed by atoms with van der Waals surface area (Å²) in [6, 6.07) is 6.59. The van der Waals surface area contributed by atoms with Gasteiger partial charge in [-0.2, -0.15) is 13.2 Å². The van der Waals surface area contributed by atoms with Crippen LogP contribution in [0.1, 0.15) is 37.7 Å². The summed E-state index contributed by atoms with van der Waals surface area (Å²) in [6.07, 6.45) is 0.683. The van der Waals surface area contributed by atoms with Gasteiger partial charge in [-0.25, -0.2) is 0 Å². The van der Waals surface area contributed by atoms with Gasteiger partial charge in [0, 0.05) is 18.5 Å². The van der Waals surface area contributed by atoms with Gasteiger partial charge < -0.3 is 15.8 Å². The van der Waals surface area contributed by atoms with Crippen LogP contribution < -0.4 is 15.8 Å². The molecule has 1 amide bonds. The average Bonchev–Trinajstić information content (AvgIpc) is 2.57. The summed E-state index contributed by atoms with van der Waals surface area (Å²) in [4.78, 5) is 12.5. The maximum absolute atomic E-state index is 12.5. The van der Waals surface area contributed by atoms with E-state index in [1.54, 1.807) is 12.1 Å². The molecule has 7 heteroatoms. The van der Waals surface area contributed by atoms with Crippen molar-refractivity contribution >= 4 is 5.91 Å². The zero-order chi connectivity index (χ0) is 18.7. The summed E-state index contributed by atoms with van der Waals surface area (Å²) in [5.41, 5.74) is 6.98. The van der Waals surface area contributed by atoms with Crippen LogP contribution in [0.3, 0.4) is 0 Å². The fourth-order valence-corrected chi connectivity index (χ4v) is 4.25. The fraction of sp³-hybridized carbons (Fsp3) is 0.632. The number of hydrogen-bond donors (Lipinski definition) is 2. The second-order valence-electron chi connectivity index (χ2n) is 7.47. The summed E-state index contributed by atoms with van der Waals surface area (Å²) in [5.74, 6) is 0.993. The van der Waals surface area contributed by atoms with E-state index >= 15 is 0 Å². The Morgan fingerprint density at radius 2 is 1.92 bits per heavy atom. The van der Waals surface area contributed by atoms with E-state index in [4.69, 9.17) is 10.5 Å². The number of hydrogen-bond acceptors (Lipinski definition) is 3. The van der Waals surface area contributed by atoms with E-state index in [1.165, 1.54) is 18.6 Å². The van der Waals surface area contributed by atoms with Crippen LogP contribution in [-0.2, 0) is 11.3 Å². The SMILES string of the molecule is NC1C2CCCC1CC(C(=O)NCc1cccc(OCC(F)(F)F)c1)C2. The first-order valence-electron chi connectivity index (χ1n) is 9.13. The van der Waals surface area contributed by atoms with Gasteiger partial charge in [0.1, 0.15) is 5.75 Å². The largest absolute Gasteiger partial charge is 0.484 e. The van der Waals surface area contributed by atoms with E-state index in [0.29, 0.717) is 17.4 Å². The first-order chi connectivity index (χ1) is 12.3. The minimum atomic E-state index is -4.37. The molecule has 0 saturated heterocycles. The zero-order valence-corrected chi connectivity index (χ0v) is 14.6. The summed E-state index contributed by atoms with van der Waals surface area (Å²) >= 11 is 0. The number of fused-ring (bicyclic) bond motifs is 2. The summed E-state index contributed by atoms with van der Waals surface area (Å²) in [7, 11) is 0. The number of benzene rings is 1. The van der Waals surface area contributed by atoms with Gasteiger partial charge in [-0.05, 0) is 55.2 Å². The molecule has 1 aromatic carbocycles. The Bertz CT molecular complexity index is 621. The number of nitrogens with one attached hydrogen (secondary N) is 1. The van der Waals surface area contributed by atoms with E-state index in [9.17, 15) is 18.0 Å². The highest BCUT2D eigenvalue weighted by molar-refractivity contribution is 5.78. The van der Waals surface area contributed by atoms with E-state index in [2.05, 4.69) is 5.32 Å². The van der Waals surface area contributed by atoms with E-state index in [-0.39, 0.29) is 30.2 Å². The van der Waals surface area contributed by atoms with Crippen LogP contribution in [-0.4, -0.2) is 24.7 Å². The third kappa shape index (κ3) is 4.90. The first kappa shape index (κ1) is 19.0. The van der Waals surface area contributed by atoms with Crippen LogP contribution in [0.4, 0.5) is 13.2 Å². The molecule has 0 aromatic heterocycles. The zero-order valence-electron chi connectivity index (χ0n) is 14.6. The third-order valence-corrected chi connectivity index (χ3v) is 5.55. The van der Waals surface area contributed by atoms with Gasteiger partial charge in [-0.3, -0.25) is 4.79 Å². The van der Waals surface area contributed by atoms with E-state index < -0.39 is 12.8 Å². The molecule has 0 radical (unpaired) electrons. The van der Waals surface area contributed by atoms with Gasteiger partial charge >= 0.3 is 6.18 Å². The molecule has 0 heterocycles. The molecule has 2 saturated carbocycles. The number of ether oxygens (including phenoxy) is 1. The predicted octanol–water partition coefficient (Wildman–Crippen LogP) is 3.40. The summed E-state index contributed by atoms with van der Waals surface area (Å²) in [5, 5.41) is 2.91. The highest BCUT2D eigenvalue weighted by atomic mass is 19.4. The minimum absolute atomic E-state index is 0.00964. The Hall–Kier alpha value is -1.76. The summed E-state index contributed by atoms with van der Waals surface area (Å²) in [6.45, 7) is -1.05. The number of carbonyl (C=O) groups excluding carboxylic acids is 1. The smallest absolute Gasteiger partial charge is 0.422 e. The molecule has 0 spiro atoms. The highest BCUT2D eigenvalue weighted by Crippen LogP contribution is 2.41. The van der Waals surface area contributed by atoms with Gasteiger partial charge in [0.25, 0.3) is 0 Å². The monoisotopic (exact) mass is 370 g/mol. The standard InChI is InChI=1S/C19H25F3N2O2/c20-19(21,22)11-26-16-6-1-3-12(7-16)10-24-18(25)15-8-13-4-2-5-14(9-15)17(13)23/h1,3,6-7,13-15,17H,2,4-5,8-11,23H2,(H,24,25). The van der Waals surface area contributed by atoms with Crippen molar-refractivity contribution in [2.24, 2.45) is 23.5 Å². The van der Waals surface area contributed by atoms with Crippen molar-refractivity contribution in [2.75, 3.05) is 6.61 Å². The summed E-state index contributed by atoms with van der Waals surface area (Å²) < 4.78 is 41.5. The van der Waals surface area contributed by atoms with Gasteiger partial charge in [0.05, 0.1) is 0 Å². The average molecular weight is 370 g/mol. The number of carbonyl (C=O) groups is 1. The Morgan fingerprint density at radius 1 is 1.23 bits per heavy atom. The van der Waals surface area contributed by atoms with Crippen LogP contribution in [0.2, 0.25) is 0 Å². The number of halogens is 3. The van der Waals surface area contributed by atoms with Crippen molar-refractivity contribution in [2.45, 2.75) is 50.9 Å². The number of rotatable bonds is 5. The maximum atomic E-state index is 12.5. The lowest BCUT2D eigenvalue weighted by atomic mass is 9.65. The molecule has 2 unspecified atom stereocenters.